The Morgan fingerprint density at radius 2 is 1.90 bits per heavy atom. The molecule has 0 bridgehead atoms. The van der Waals surface area contributed by atoms with E-state index in [1.165, 1.54) is 12.8 Å². The molecule has 1 aromatic carbocycles. The van der Waals surface area contributed by atoms with E-state index in [1.807, 2.05) is 18.2 Å². The van der Waals surface area contributed by atoms with E-state index in [2.05, 4.69) is 17.6 Å². The molecule has 1 aliphatic carbocycles. The zero-order chi connectivity index (χ0) is 14.7. The van der Waals surface area contributed by atoms with Crippen LogP contribution in [0.5, 0.6) is 11.5 Å². The minimum absolute atomic E-state index is 0.0280. The van der Waals surface area contributed by atoms with Gasteiger partial charge in [0.1, 0.15) is 13.2 Å². The summed E-state index contributed by atoms with van der Waals surface area (Å²) in [5.74, 6) is 1.39. The van der Waals surface area contributed by atoms with Crippen LogP contribution in [0.3, 0.4) is 0 Å². The van der Waals surface area contributed by atoms with Gasteiger partial charge in [-0.3, -0.25) is 4.79 Å². The molecule has 114 valence electrons. The summed E-state index contributed by atoms with van der Waals surface area (Å²) in [6.45, 7) is 3.65. The fourth-order valence-corrected chi connectivity index (χ4v) is 2.95. The third kappa shape index (κ3) is 3.47. The Morgan fingerprint density at radius 1 is 1.19 bits per heavy atom. The second-order valence-electron chi connectivity index (χ2n) is 6.03. The van der Waals surface area contributed by atoms with Crippen LogP contribution >= 0.6 is 0 Å². The highest BCUT2D eigenvalue weighted by molar-refractivity contribution is 5.92. The number of carbonyl (C=O) groups is 1. The van der Waals surface area contributed by atoms with Crippen molar-refractivity contribution in [2.45, 2.75) is 38.1 Å². The number of amides is 1. The normalized spacial score (nSPS) is 19.3. The molecule has 0 unspecified atom stereocenters. The van der Waals surface area contributed by atoms with Crippen LogP contribution in [0.15, 0.2) is 18.2 Å². The Labute approximate surface area is 125 Å². The molecule has 1 amide bonds. The molecule has 2 N–H and O–H groups in total. The quantitative estimate of drug-likeness (QED) is 0.893. The molecule has 0 spiro atoms. The van der Waals surface area contributed by atoms with Crippen LogP contribution in [-0.4, -0.2) is 31.2 Å². The first kappa shape index (κ1) is 14.2. The molecule has 5 nitrogen and oxygen atoms in total. The zero-order valence-corrected chi connectivity index (χ0v) is 12.4. The molecular weight excluding hydrogens is 268 g/mol. The van der Waals surface area contributed by atoms with Crippen molar-refractivity contribution in [1.29, 1.82) is 0 Å². The number of anilines is 1. The van der Waals surface area contributed by atoms with Gasteiger partial charge >= 0.3 is 0 Å². The summed E-state index contributed by atoms with van der Waals surface area (Å²) in [5.41, 5.74) is 0.854. The largest absolute Gasteiger partial charge is 0.486 e. The van der Waals surface area contributed by atoms with Gasteiger partial charge in [-0.2, -0.15) is 0 Å². The minimum atomic E-state index is -0.0280. The van der Waals surface area contributed by atoms with Gasteiger partial charge in [0.2, 0.25) is 5.91 Å². The van der Waals surface area contributed by atoms with Crippen LogP contribution in [-0.2, 0) is 4.79 Å². The van der Waals surface area contributed by atoms with Gasteiger partial charge in [-0.1, -0.05) is 12.8 Å². The first-order valence-corrected chi connectivity index (χ1v) is 7.59. The van der Waals surface area contributed by atoms with Crippen LogP contribution in [0.1, 0.15) is 32.6 Å². The lowest BCUT2D eigenvalue weighted by Crippen LogP contribution is -2.43. The molecular formula is C16H22N2O3. The number of ether oxygens (including phenoxy) is 2. The highest BCUT2D eigenvalue weighted by Gasteiger charge is 2.28. The van der Waals surface area contributed by atoms with Gasteiger partial charge in [0.15, 0.2) is 11.5 Å². The van der Waals surface area contributed by atoms with E-state index < -0.39 is 0 Å². The third-order valence-electron chi connectivity index (χ3n) is 4.21. The van der Waals surface area contributed by atoms with Crippen LogP contribution in [0, 0.1) is 0 Å². The maximum Gasteiger partial charge on any atom is 0.238 e. The Hall–Kier alpha value is -1.75. The Balaban J connectivity index is 1.55. The number of hydrogen-bond acceptors (Lipinski definition) is 4. The van der Waals surface area contributed by atoms with Gasteiger partial charge in [0, 0.05) is 17.3 Å². The molecule has 21 heavy (non-hydrogen) atoms. The summed E-state index contributed by atoms with van der Waals surface area (Å²) >= 11 is 0. The molecule has 1 aliphatic heterocycles. The first-order chi connectivity index (χ1) is 10.1. The van der Waals surface area contributed by atoms with Crippen molar-refractivity contribution < 1.29 is 14.3 Å². The van der Waals surface area contributed by atoms with Crippen molar-refractivity contribution in [3.63, 3.8) is 0 Å². The fourth-order valence-electron chi connectivity index (χ4n) is 2.95. The second kappa shape index (κ2) is 5.93. The van der Waals surface area contributed by atoms with Crippen molar-refractivity contribution in [3.8, 4) is 11.5 Å². The van der Waals surface area contributed by atoms with Gasteiger partial charge in [0.25, 0.3) is 0 Å². The van der Waals surface area contributed by atoms with Crippen LogP contribution in [0.2, 0.25) is 0 Å². The standard InChI is InChI=1S/C16H22N2O3/c1-16(6-2-3-7-16)17-11-15(19)18-12-4-5-13-14(10-12)21-9-8-20-13/h4-5,10,17H,2-3,6-9,11H2,1H3,(H,18,19). The summed E-state index contributed by atoms with van der Waals surface area (Å²) < 4.78 is 11.0. The topological polar surface area (TPSA) is 59.6 Å². The van der Waals surface area contributed by atoms with Gasteiger partial charge in [-0.05, 0) is 31.9 Å². The lowest BCUT2D eigenvalue weighted by molar-refractivity contribution is -0.115. The smallest absolute Gasteiger partial charge is 0.238 e. The number of hydrogen-bond donors (Lipinski definition) is 2. The van der Waals surface area contributed by atoms with Gasteiger partial charge in [-0.15, -0.1) is 0 Å². The van der Waals surface area contributed by atoms with Crippen LogP contribution in [0.25, 0.3) is 0 Å². The maximum absolute atomic E-state index is 12.0. The Kier molecular flexibility index (Phi) is 4.01. The highest BCUT2D eigenvalue weighted by Crippen LogP contribution is 2.32. The van der Waals surface area contributed by atoms with Crippen molar-refractivity contribution in [2.75, 3.05) is 25.1 Å². The van der Waals surface area contributed by atoms with E-state index in [9.17, 15) is 4.79 Å². The maximum atomic E-state index is 12.0. The molecule has 0 saturated heterocycles. The van der Waals surface area contributed by atoms with Crippen molar-refractivity contribution >= 4 is 11.6 Å². The molecule has 2 aliphatic rings. The summed E-state index contributed by atoms with van der Waals surface area (Å²) in [6, 6.07) is 5.47. The molecule has 5 heteroatoms. The van der Waals surface area contributed by atoms with E-state index >= 15 is 0 Å². The SMILES string of the molecule is CC1(NCC(=O)Nc2ccc3c(c2)OCCO3)CCCC1. The summed E-state index contributed by atoms with van der Waals surface area (Å²) in [6.07, 6.45) is 4.77. The van der Waals surface area contributed by atoms with Gasteiger partial charge in [0.05, 0.1) is 6.54 Å². The number of fused-ring (bicyclic) bond motifs is 1. The predicted molar refractivity (Wildman–Crippen MR) is 80.9 cm³/mol. The average Bonchev–Trinajstić information content (AvgIpc) is 2.92. The average molecular weight is 290 g/mol. The number of carbonyl (C=O) groups excluding carboxylic acids is 1. The van der Waals surface area contributed by atoms with Crippen LogP contribution in [0.4, 0.5) is 5.69 Å². The minimum Gasteiger partial charge on any atom is -0.486 e. The lowest BCUT2D eigenvalue weighted by atomic mass is 10.0. The van der Waals surface area contributed by atoms with Gasteiger partial charge < -0.3 is 20.1 Å². The van der Waals surface area contributed by atoms with Crippen molar-refractivity contribution in [3.05, 3.63) is 18.2 Å². The van der Waals surface area contributed by atoms with E-state index in [4.69, 9.17) is 9.47 Å². The number of nitrogens with one attached hydrogen (secondary N) is 2. The summed E-state index contributed by atoms with van der Waals surface area (Å²) in [5, 5.41) is 6.27. The van der Waals surface area contributed by atoms with E-state index in [1.54, 1.807) is 0 Å². The summed E-state index contributed by atoms with van der Waals surface area (Å²) in [4.78, 5) is 12.0. The Morgan fingerprint density at radius 3 is 2.67 bits per heavy atom. The molecule has 1 aromatic rings. The molecule has 1 fully saturated rings. The number of benzene rings is 1. The lowest BCUT2D eigenvalue weighted by Gasteiger charge is -2.25. The summed E-state index contributed by atoms with van der Waals surface area (Å²) in [7, 11) is 0. The highest BCUT2D eigenvalue weighted by atomic mass is 16.6. The zero-order valence-electron chi connectivity index (χ0n) is 12.4. The van der Waals surface area contributed by atoms with Gasteiger partial charge in [-0.25, -0.2) is 0 Å². The fraction of sp³-hybridized carbons (Fsp3) is 0.562. The molecule has 3 rings (SSSR count). The second-order valence-corrected chi connectivity index (χ2v) is 6.03. The van der Waals surface area contributed by atoms with Crippen molar-refractivity contribution in [1.82, 2.24) is 5.32 Å². The molecule has 1 heterocycles. The number of rotatable bonds is 4. The van der Waals surface area contributed by atoms with E-state index in [0.717, 1.165) is 24.3 Å². The van der Waals surface area contributed by atoms with Crippen molar-refractivity contribution in [2.24, 2.45) is 0 Å². The molecule has 0 aromatic heterocycles. The molecule has 1 saturated carbocycles. The Bertz CT molecular complexity index is 524. The molecule has 0 atom stereocenters. The predicted octanol–water partition coefficient (Wildman–Crippen LogP) is 2.32. The van der Waals surface area contributed by atoms with E-state index in [-0.39, 0.29) is 11.4 Å². The van der Waals surface area contributed by atoms with E-state index in [0.29, 0.717) is 25.5 Å². The monoisotopic (exact) mass is 290 g/mol. The third-order valence-corrected chi connectivity index (χ3v) is 4.21. The first-order valence-electron chi connectivity index (χ1n) is 7.59. The van der Waals surface area contributed by atoms with Crippen LogP contribution < -0.4 is 20.1 Å². The molecule has 0 radical (unpaired) electrons.